The highest BCUT2D eigenvalue weighted by Crippen LogP contribution is 2.10. The third-order valence-corrected chi connectivity index (χ3v) is 3.77. The predicted octanol–water partition coefficient (Wildman–Crippen LogP) is 1.68. The van der Waals surface area contributed by atoms with E-state index in [1.54, 1.807) is 0 Å². The van der Waals surface area contributed by atoms with E-state index in [2.05, 4.69) is 10.6 Å². The molecule has 1 aromatic rings. The zero-order valence-electron chi connectivity index (χ0n) is 12.4. The summed E-state index contributed by atoms with van der Waals surface area (Å²) in [4.78, 5) is 23.3. The van der Waals surface area contributed by atoms with E-state index in [9.17, 15) is 9.59 Å². The van der Waals surface area contributed by atoms with Gasteiger partial charge < -0.3 is 15.4 Å². The number of rotatable bonds is 7. The lowest BCUT2D eigenvalue weighted by molar-refractivity contribution is -0.129. The number of benzene rings is 1. The van der Waals surface area contributed by atoms with Crippen LogP contribution in [-0.4, -0.2) is 37.6 Å². The first-order valence-electron chi connectivity index (χ1n) is 7.53. The van der Waals surface area contributed by atoms with Crippen LogP contribution in [0.15, 0.2) is 24.3 Å². The lowest BCUT2D eigenvalue weighted by Crippen LogP contribution is -2.36. The molecule has 2 N–H and O–H groups in total. The Morgan fingerprint density at radius 1 is 1.18 bits per heavy atom. The van der Waals surface area contributed by atoms with Crippen LogP contribution in [0.2, 0.25) is 5.02 Å². The summed E-state index contributed by atoms with van der Waals surface area (Å²) >= 11 is 5.81. The molecule has 120 valence electrons. The van der Waals surface area contributed by atoms with Gasteiger partial charge in [-0.3, -0.25) is 9.59 Å². The van der Waals surface area contributed by atoms with Gasteiger partial charge in [0.2, 0.25) is 11.8 Å². The number of carbonyl (C=O) groups is 2. The molecular formula is C16H21ClN2O3. The maximum Gasteiger partial charge on any atom is 0.229 e. The quantitative estimate of drug-likeness (QED) is 0.750. The number of nitrogens with one attached hydrogen (secondary N) is 2. The van der Waals surface area contributed by atoms with Gasteiger partial charge in [0.1, 0.15) is 6.42 Å². The summed E-state index contributed by atoms with van der Waals surface area (Å²) in [6, 6.07) is 7.47. The average Bonchev–Trinajstić information content (AvgIpc) is 3.00. The van der Waals surface area contributed by atoms with Crippen molar-refractivity contribution in [3.05, 3.63) is 34.9 Å². The lowest BCUT2D eigenvalue weighted by Gasteiger charge is -2.10. The van der Waals surface area contributed by atoms with Gasteiger partial charge in [0.15, 0.2) is 0 Å². The predicted molar refractivity (Wildman–Crippen MR) is 84.8 cm³/mol. The summed E-state index contributed by atoms with van der Waals surface area (Å²) in [5.74, 6) is -0.529. The van der Waals surface area contributed by atoms with Crippen LogP contribution < -0.4 is 10.6 Å². The second-order valence-corrected chi connectivity index (χ2v) is 5.78. The van der Waals surface area contributed by atoms with E-state index < -0.39 is 0 Å². The number of amides is 2. The van der Waals surface area contributed by atoms with E-state index in [0.29, 0.717) is 24.5 Å². The third kappa shape index (κ3) is 6.03. The van der Waals surface area contributed by atoms with Crippen LogP contribution in [0.1, 0.15) is 24.8 Å². The minimum atomic E-state index is -0.265. The molecule has 22 heavy (non-hydrogen) atoms. The Hall–Kier alpha value is -1.59. The molecule has 0 saturated carbocycles. The van der Waals surface area contributed by atoms with Gasteiger partial charge >= 0.3 is 0 Å². The smallest absolute Gasteiger partial charge is 0.229 e. The third-order valence-electron chi connectivity index (χ3n) is 3.52. The minimum absolute atomic E-state index is 0.0944. The van der Waals surface area contributed by atoms with Crippen LogP contribution in [0.3, 0.4) is 0 Å². The highest BCUT2D eigenvalue weighted by Gasteiger charge is 2.17. The standard InChI is InChI=1S/C16H21ClN2O3/c17-13-5-3-12(4-6-13)7-8-18-15(20)10-16(21)19-11-14-2-1-9-22-14/h3-6,14H,1-2,7-11H2,(H,18,20)(H,19,21). The summed E-state index contributed by atoms with van der Waals surface area (Å²) < 4.78 is 5.41. The van der Waals surface area contributed by atoms with Crippen molar-refractivity contribution in [2.75, 3.05) is 19.7 Å². The molecule has 2 amide bonds. The molecular weight excluding hydrogens is 304 g/mol. The maximum absolute atomic E-state index is 11.7. The van der Waals surface area contributed by atoms with Crippen molar-refractivity contribution in [3.8, 4) is 0 Å². The zero-order valence-corrected chi connectivity index (χ0v) is 13.2. The fraction of sp³-hybridized carbons (Fsp3) is 0.500. The molecule has 0 bridgehead atoms. The van der Waals surface area contributed by atoms with Crippen molar-refractivity contribution in [1.29, 1.82) is 0 Å². The van der Waals surface area contributed by atoms with E-state index in [-0.39, 0.29) is 24.3 Å². The van der Waals surface area contributed by atoms with Crippen LogP contribution in [0.5, 0.6) is 0 Å². The van der Waals surface area contributed by atoms with Gasteiger partial charge in [0.25, 0.3) is 0 Å². The molecule has 1 heterocycles. The number of hydrogen-bond acceptors (Lipinski definition) is 3. The van der Waals surface area contributed by atoms with Crippen LogP contribution >= 0.6 is 11.6 Å². The number of halogens is 1. The monoisotopic (exact) mass is 324 g/mol. The van der Waals surface area contributed by atoms with Crippen molar-refractivity contribution in [2.24, 2.45) is 0 Å². The summed E-state index contributed by atoms with van der Waals surface area (Å²) in [5, 5.41) is 6.16. The largest absolute Gasteiger partial charge is 0.376 e. The maximum atomic E-state index is 11.7. The van der Waals surface area contributed by atoms with Gasteiger partial charge in [-0.25, -0.2) is 0 Å². The summed E-state index contributed by atoms with van der Waals surface area (Å²) in [7, 11) is 0. The molecule has 1 aromatic carbocycles. The minimum Gasteiger partial charge on any atom is -0.376 e. The van der Waals surface area contributed by atoms with Crippen LogP contribution in [0, 0.1) is 0 Å². The Balaban J connectivity index is 1.58. The van der Waals surface area contributed by atoms with Gasteiger partial charge in [0.05, 0.1) is 6.10 Å². The molecule has 0 spiro atoms. The first kappa shape index (κ1) is 16.8. The number of ether oxygens (including phenoxy) is 1. The molecule has 1 aliphatic rings. The molecule has 1 atom stereocenters. The van der Waals surface area contributed by atoms with Crippen LogP contribution in [0.4, 0.5) is 0 Å². The fourth-order valence-corrected chi connectivity index (χ4v) is 2.43. The van der Waals surface area contributed by atoms with Gasteiger partial charge in [0, 0.05) is 24.7 Å². The summed E-state index contributed by atoms with van der Waals surface area (Å²) in [6.07, 6.45) is 2.66. The van der Waals surface area contributed by atoms with Crippen molar-refractivity contribution in [1.82, 2.24) is 10.6 Å². The van der Waals surface area contributed by atoms with E-state index in [0.717, 1.165) is 25.0 Å². The number of hydrogen-bond donors (Lipinski definition) is 2. The number of carbonyl (C=O) groups excluding carboxylic acids is 2. The summed E-state index contributed by atoms with van der Waals surface area (Å²) in [6.45, 7) is 1.74. The second-order valence-electron chi connectivity index (χ2n) is 5.34. The van der Waals surface area contributed by atoms with E-state index in [1.807, 2.05) is 24.3 Å². The first-order chi connectivity index (χ1) is 10.6. The molecule has 0 aliphatic carbocycles. The molecule has 0 aromatic heterocycles. The van der Waals surface area contributed by atoms with Crippen molar-refractivity contribution in [3.63, 3.8) is 0 Å². The Kier molecular flexibility index (Phi) is 6.68. The van der Waals surface area contributed by atoms with Gasteiger partial charge in [-0.2, -0.15) is 0 Å². The lowest BCUT2D eigenvalue weighted by atomic mass is 10.1. The van der Waals surface area contributed by atoms with E-state index >= 15 is 0 Å². The van der Waals surface area contributed by atoms with Crippen LogP contribution in [-0.2, 0) is 20.7 Å². The summed E-state index contributed by atoms with van der Waals surface area (Å²) in [5.41, 5.74) is 1.09. The molecule has 6 heteroatoms. The van der Waals surface area contributed by atoms with Gasteiger partial charge in [-0.05, 0) is 37.0 Å². The molecule has 5 nitrogen and oxygen atoms in total. The van der Waals surface area contributed by atoms with Gasteiger partial charge in [-0.1, -0.05) is 23.7 Å². The average molecular weight is 325 g/mol. The zero-order chi connectivity index (χ0) is 15.8. The Morgan fingerprint density at radius 2 is 1.91 bits per heavy atom. The molecule has 1 fully saturated rings. The molecule has 2 rings (SSSR count). The Bertz CT molecular complexity index is 499. The molecule has 1 unspecified atom stereocenters. The topological polar surface area (TPSA) is 67.4 Å². The van der Waals surface area contributed by atoms with Crippen molar-refractivity contribution >= 4 is 23.4 Å². The van der Waals surface area contributed by atoms with Crippen molar-refractivity contribution in [2.45, 2.75) is 31.8 Å². The molecule has 1 saturated heterocycles. The van der Waals surface area contributed by atoms with Crippen molar-refractivity contribution < 1.29 is 14.3 Å². The SMILES string of the molecule is O=C(CC(=O)NCC1CCCO1)NCCc1ccc(Cl)cc1. The Morgan fingerprint density at radius 3 is 2.59 bits per heavy atom. The Labute approximate surface area is 135 Å². The highest BCUT2D eigenvalue weighted by atomic mass is 35.5. The second kappa shape index (κ2) is 8.76. The van der Waals surface area contributed by atoms with Gasteiger partial charge in [-0.15, -0.1) is 0 Å². The molecule has 1 aliphatic heterocycles. The fourth-order valence-electron chi connectivity index (χ4n) is 2.30. The first-order valence-corrected chi connectivity index (χ1v) is 7.91. The molecule has 0 radical (unpaired) electrons. The van der Waals surface area contributed by atoms with E-state index in [1.165, 1.54) is 0 Å². The van der Waals surface area contributed by atoms with E-state index in [4.69, 9.17) is 16.3 Å². The van der Waals surface area contributed by atoms with Crippen LogP contribution in [0.25, 0.3) is 0 Å². The normalized spacial score (nSPS) is 17.2. The highest BCUT2D eigenvalue weighted by molar-refractivity contribution is 6.30.